The Labute approximate surface area is 126 Å². The van der Waals surface area contributed by atoms with E-state index in [1.165, 1.54) is 38.3 Å². The first-order valence-corrected chi connectivity index (χ1v) is 7.73. The normalized spacial score (nSPS) is 17.7. The summed E-state index contributed by atoms with van der Waals surface area (Å²) < 4.78 is 0. The second kappa shape index (κ2) is 7.41. The molecule has 116 valence electrons. The first-order valence-electron chi connectivity index (χ1n) is 7.73. The topological polar surface area (TPSA) is 71.2 Å². The molecule has 1 aliphatic rings. The fourth-order valence-electron chi connectivity index (χ4n) is 3.25. The number of hydrogen-bond acceptors (Lipinski definition) is 4. The molecule has 1 saturated carbocycles. The van der Waals surface area contributed by atoms with Gasteiger partial charge in [-0.1, -0.05) is 19.3 Å². The number of hydrogen-bond donors (Lipinski definition) is 2. The number of rotatable bonds is 6. The van der Waals surface area contributed by atoms with Gasteiger partial charge >= 0.3 is 0 Å². The Morgan fingerprint density at radius 2 is 2.14 bits per heavy atom. The SMILES string of the molecule is CN(C)C(CNc1ccncc1C(N)=O)C1CCCCC1. The van der Waals surface area contributed by atoms with Crippen LogP contribution < -0.4 is 11.1 Å². The molecule has 1 unspecified atom stereocenters. The van der Waals surface area contributed by atoms with Crippen molar-refractivity contribution in [3.8, 4) is 0 Å². The lowest BCUT2D eigenvalue weighted by Crippen LogP contribution is -2.41. The molecule has 3 N–H and O–H groups in total. The largest absolute Gasteiger partial charge is 0.383 e. The first kappa shape index (κ1) is 15.8. The molecule has 1 amide bonds. The third kappa shape index (κ3) is 4.17. The van der Waals surface area contributed by atoms with E-state index in [9.17, 15) is 4.79 Å². The predicted molar refractivity (Wildman–Crippen MR) is 85.3 cm³/mol. The third-order valence-electron chi connectivity index (χ3n) is 4.45. The molecule has 0 radical (unpaired) electrons. The van der Waals surface area contributed by atoms with Gasteiger partial charge in [0.15, 0.2) is 0 Å². The van der Waals surface area contributed by atoms with Crippen LogP contribution >= 0.6 is 0 Å². The van der Waals surface area contributed by atoms with E-state index in [1.807, 2.05) is 6.07 Å². The zero-order valence-corrected chi connectivity index (χ0v) is 13.0. The molecule has 5 heteroatoms. The van der Waals surface area contributed by atoms with Gasteiger partial charge in [-0.05, 0) is 38.9 Å². The first-order chi connectivity index (χ1) is 10.1. The van der Waals surface area contributed by atoms with E-state index in [-0.39, 0.29) is 0 Å². The number of primary amides is 1. The predicted octanol–water partition coefficient (Wildman–Crippen LogP) is 2.10. The highest BCUT2D eigenvalue weighted by atomic mass is 16.1. The minimum atomic E-state index is -0.440. The van der Waals surface area contributed by atoms with Gasteiger partial charge in [0.2, 0.25) is 0 Å². The van der Waals surface area contributed by atoms with Gasteiger partial charge in [0, 0.05) is 25.0 Å². The molecule has 2 rings (SSSR count). The molecule has 0 saturated heterocycles. The van der Waals surface area contributed by atoms with Crippen LogP contribution in [0.15, 0.2) is 18.5 Å². The number of nitrogens with two attached hydrogens (primary N) is 1. The molecule has 1 fully saturated rings. The van der Waals surface area contributed by atoms with Gasteiger partial charge in [-0.25, -0.2) is 0 Å². The lowest BCUT2D eigenvalue weighted by atomic mass is 9.83. The molecule has 1 atom stereocenters. The average molecular weight is 290 g/mol. The molecule has 0 aromatic carbocycles. The van der Waals surface area contributed by atoms with Crippen molar-refractivity contribution in [3.05, 3.63) is 24.0 Å². The van der Waals surface area contributed by atoms with Crippen molar-refractivity contribution in [1.82, 2.24) is 9.88 Å². The molecule has 1 aromatic rings. The molecule has 5 nitrogen and oxygen atoms in total. The Bertz CT molecular complexity index is 469. The van der Waals surface area contributed by atoms with Gasteiger partial charge in [0.1, 0.15) is 0 Å². The summed E-state index contributed by atoms with van der Waals surface area (Å²) in [7, 11) is 4.25. The van der Waals surface area contributed by atoms with Crippen molar-refractivity contribution in [3.63, 3.8) is 0 Å². The Morgan fingerprint density at radius 1 is 1.43 bits per heavy atom. The van der Waals surface area contributed by atoms with Crippen LogP contribution in [0.5, 0.6) is 0 Å². The second-order valence-electron chi connectivity index (χ2n) is 6.10. The summed E-state index contributed by atoms with van der Waals surface area (Å²) in [6.45, 7) is 0.821. The Balaban J connectivity index is 2.03. The zero-order chi connectivity index (χ0) is 15.2. The van der Waals surface area contributed by atoms with Crippen LogP contribution in [0.4, 0.5) is 5.69 Å². The highest BCUT2D eigenvalue weighted by molar-refractivity contribution is 5.98. The van der Waals surface area contributed by atoms with Gasteiger partial charge in [-0.3, -0.25) is 9.78 Å². The third-order valence-corrected chi connectivity index (χ3v) is 4.45. The molecule has 1 aliphatic carbocycles. The average Bonchev–Trinajstić information content (AvgIpc) is 2.48. The van der Waals surface area contributed by atoms with Crippen LogP contribution in [-0.4, -0.2) is 42.5 Å². The fourth-order valence-corrected chi connectivity index (χ4v) is 3.25. The lowest BCUT2D eigenvalue weighted by molar-refractivity contribution is 0.100. The molecule has 0 bridgehead atoms. The van der Waals surface area contributed by atoms with Crippen LogP contribution in [0, 0.1) is 5.92 Å². The summed E-state index contributed by atoms with van der Waals surface area (Å²) in [5, 5.41) is 3.39. The van der Waals surface area contributed by atoms with Gasteiger partial charge in [0.25, 0.3) is 5.91 Å². The maximum absolute atomic E-state index is 11.4. The number of nitrogens with zero attached hydrogens (tertiary/aromatic N) is 2. The van der Waals surface area contributed by atoms with E-state index < -0.39 is 5.91 Å². The van der Waals surface area contributed by atoms with Gasteiger partial charge in [-0.2, -0.15) is 0 Å². The van der Waals surface area contributed by atoms with Crippen molar-refractivity contribution >= 4 is 11.6 Å². The Morgan fingerprint density at radius 3 is 2.76 bits per heavy atom. The van der Waals surface area contributed by atoms with Gasteiger partial charge in [-0.15, -0.1) is 0 Å². The molecule has 0 aliphatic heterocycles. The number of pyridine rings is 1. The number of carbonyl (C=O) groups excluding carboxylic acids is 1. The number of amides is 1. The summed E-state index contributed by atoms with van der Waals surface area (Å²) in [6.07, 6.45) is 9.82. The highest BCUT2D eigenvalue weighted by Crippen LogP contribution is 2.28. The number of nitrogens with one attached hydrogen (secondary N) is 1. The summed E-state index contributed by atoms with van der Waals surface area (Å²) in [6, 6.07) is 2.28. The monoisotopic (exact) mass is 290 g/mol. The number of aromatic nitrogens is 1. The van der Waals surface area contributed by atoms with E-state index in [0.717, 1.165) is 18.2 Å². The van der Waals surface area contributed by atoms with E-state index in [4.69, 9.17) is 5.73 Å². The van der Waals surface area contributed by atoms with Crippen LogP contribution in [0.3, 0.4) is 0 Å². The van der Waals surface area contributed by atoms with E-state index >= 15 is 0 Å². The summed E-state index contributed by atoms with van der Waals surface area (Å²) in [5.41, 5.74) is 6.63. The van der Waals surface area contributed by atoms with Crippen molar-refractivity contribution < 1.29 is 4.79 Å². The minimum absolute atomic E-state index is 0.440. The quantitative estimate of drug-likeness (QED) is 0.841. The zero-order valence-electron chi connectivity index (χ0n) is 13.0. The van der Waals surface area contributed by atoms with Crippen molar-refractivity contribution in [2.45, 2.75) is 38.1 Å². The number of anilines is 1. The van der Waals surface area contributed by atoms with Crippen LogP contribution in [-0.2, 0) is 0 Å². The summed E-state index contributed by atoms with van der Waals surface area (Å²) in [5.74, 6) is 0.282. The smallest absolute Gasteiger partial charge is 0.252 e. The standard InChI is InChI=1S/C16H26N4O/c1-20(2)15(12-6-4-3-5-7-12)11-19-14-8-9-18-10-13(14)16(17)21/h8-10,12,15H,3-7,11H2,1-2H3,(H2,17,21)(H,18,19). The van der Waals surface area contributed by atoms with Crippen LogP contribution in [0.2, 0.25) is 0 Å². The van der Waals surface area contributed by atoms with E-state index in [2.05, 4.69) is 29.3 Å². The summed E-state index contributed by atoms with van der Waals surface area (Å²) in [4.78, 5) is 17.7. The summed E-state index contributed by atoms with van der Waals surface area (Å²) >= 11 is 0. The lowest BCUT2D eigenvalue weighted by Gasteiger charge is -2.35. The number of carbonyl (C=O) groups is 1. The van der Waals surface area contributed by atoms with E-state index in [0.29, 0.717) is 11.6 Å². The van der Waals surface area contributed by atoms with E-state index in [1.54, 1.807) is 6.20 Å². The Hall–Kier alpha value is -1.62. The molecular weight excluding hydrogens is 264 g/mol. The molecule has 21 heavy (non-hydrogen) atoms. The fraction of sp³-hybridized carbons (Fsp3) is 0.625. The molecular formula is C16H26N4O. The molecule has 0 spiro atoms. The maximum Gasteiger partial charge on any atom is 0.252 e. The Kier molecular flexibility index (Phi) is 5.56. The van der Waals surface area contributed by atoms with Gasteiger partial charge in [0.05, 0.1) is 11.3 Å². The minimum Gasteiger partial charge on any atom is -0.383 e. The van der Waals surface area contributed by atoms with Crippen molar-refractivity contribution in [2.75, 3.05) is 26.0 Å². The molecule has 1 heterocycles. The maximum atomic E-state index is 11.4. The number of likely N-dealkylation sites (N-methyl/N-ethyl adjacent to an activating group) is 1. The molecule has 1 aromatic heterocycles. The van der Waals surface area contributed by atoms with Crippen molar-refractivity contribution in [1.29, 1.82) is 0 Å². The van der Waals surface area contributed by atoms with Crippen LogP contribution in [0.1, 0.15) is 42.5 Å². The second-order valence-corrected chi connectivity index (χ2v) is 6.10. The van der Waals surface area contributed by atoms with Crippen LogP contribution in [0.25, 0.3) is 0 Å². The highest BCUT2D eigenvalue weighted by Gasteiger charge is 2.25. The van der Waals surface area contributed by atoms with Crippen molar-refractivity contribution in [2.24, 2.45) is 11.7 Å². The van der Waals surface area contributed by atoms with Gasteiger partial charge < -0.3 is 16.0 Å².